The summed E-state index contributed by atoms with van der Waals surface area (Å²) in [5, 5.41) is 25.4. The molecule has 2 rings (SSSR count). The standard InChI is InChI=1S/C32H47N3O6/c1-7-9-10-20-35(28(24-14-18-26(37)19-15-24)29(38)33-22(3)11-8-2)30(39)27(34-31(40)41-32(4,5)6)21-23-12-16-25(36)17-13-23/h12-19,22,27-28,36-37H,7-11,20-21H2,1-6H3,(H,33,38)(H,34,40). The molecule has 226 valence electrons. The lowest BCUT2D eigenvalue weighted by Gasteiger charge is -2.35. The first-order valence-corrected chi connectivity index (χ1v) is 14.5. The van der Waals surface area contributed by atoms with E-state index in [2.05, 4.69) is 17.6 Å². The highest BCUT2D eigenvalue weighted by Crippen LogP contribution is 2.26. The van der Waals surface area contributed by atoms with Gasteiger partial charge in [0.1, 0.15) is 29.2 Å². The van der Waals surface area contributed by atoms with Crippen molar-refractivity contribution >= 4 is 17.9 Å². The van der Waals surface area contributed by atoms with Crippen molar-refractivity contribution in [2.45, 2.75) is 104 Å². The number of aromatic hydroxyl groups is 2. The number of nitrogens with one attached hydrogen (secondary N) is 2. The molecule has 0 fully saturated rings. The largest absolute Gasteiger partial charge is 0.508 e. The molecule has 0 spiro atoms. The number of phenols is 2. The van der Waals surface area contributed by atoms with Gasteiger partial charge in [-0.25, -0.2) is 4.79 Å². The summed E-state index contributed by atoms with van der Waals surface area (Å²) in [4.78, 5) is 42.6. The maximum absolute atomic E-state index is 14.4. The van der Waals surface area contributed by atoms with Crippen molar-refractivity contribution in [3.63, 3.8) is 0 Å². The average Bonchev–Trinajstić information content (AvgIpc) is 2.88. The van der Waals surface area contributed by atoms with Gasteiger partial charge in [-0.15, -0.1) is 0 Å². The lowest BCUT2D eigenvalue weighted by atomic mass is 9.99. The second-order valence-electron chi connectivity index (χ2n) is 11.5. The summed E-state index contributed by atoms with van der Waals surface area (Å²) in [5.74, 6) is -0.630. The molecule has 0 aromatic heterocycles. The van der Waals surface area contributed by atoms with Gasteiger partial charge in [0.05, 0.1) is 0 Å². The Morgan fingerprint density at radius 1 is 0.878 bits per heavy atom. The monoisotopic (exact) mass is 569 g/mol. The molecule has 0 aliphatic rings. The molecule has 4 N–H and O–H groups in total. The van der Waals surface area contributed by atoms with Crippen LogP contribution in [0.3, 0.4) is 0 Å². The van der Waals surface area contributed by atoms with Crippen molar-refractivity contribution in [3.8, 4) is 11.5 Å². The van der Waals surface area contributed by atoms with E-state index in [-0.39, 0.29) is 36.4 Å². The van der Waals surface area contributed by atoms with Crippen LogP contribution in [0.2, 0.25) is 0 Å². The number of benzene rings is 2. The third-order valence-corrected chi connectivity index (χ3v) is 6.53. The SMILES string of the molecule is CCCCCN(C(=O)C(Cc1ccc(O)cc1)NC(=O)OC(C)(C)C)C(C(=O)NC(C)CCC)c1ccc(O)cc1. The highest BCUT2D eigenvalue weighted by molar-refractivity contribution is 5.92. The molecular weight excluding hydrogens is 522 g/mol. The minimum Gasteiger partial charge on any atom is -0.508 e. The zero-order valence-electron chi connectivity index (χ0n) is 25.3. The second-order valence-corrected chi connectivity index (χ2v) is 11.5. The van der Waals surface area contributed by atoms with Gasteiger partial charge in [0.25, 0.3) is 0 Å². The van der Waals surface area contributed by atoms with E-state index in [1.807, 2.05) is 13.8 Å². The molecule has 2 aromatic carbocycles. The first kappa shape index (κ1) is 33.5. The molecule has 9 heteroatoms. The summed E-state index contributed by atoms with van der Waals surface area (Å²) >= 11 is 0. The summed E-state index contributed by atoms with van der Waals surface area (Å²) in [6.45, 7) is 11.5. The molecule has 41 heavy (non-hydrogen) atoms. The van der Waals surface area contributed by atoms with Gasteiger partial charge in [0.15, 0.2) is 0 Å². The second kappa shape index (κ2) is 15.9. The normalized spacial score (nSPS) is 13.5. The van der Waals surface area contributed by atoms with Crippen LogP contribution >= 0.6 is 0 Å². The fraction of sp³-hybridized carbons (Fsp3) is 0.531. The quantitative estimate of drug-likeness (QED) is 0.219. The smallest absolute Gasteiger partial charge is 0.408 e. The van der Waals surface area contributed by atoms with Gasteiger partial charge in [-0.1, -0.05) is 57.4 Å². The summed E-state index contributed by atoms with van der Waals surface area (Å²) in [5.41, 5.74) is 0.489. The molecule has 0 bridgehead atoms. The van der Waals surface area contributed by atoms with Gasteiger partial charge < -0.3 is 30.5 Å². The van der Waals surface area contributed by atoms with Gasteiger partial charge in [0, 0.05) is 19.0 Å². The maximum Gasteiger partial charge on any atom is 0.408 e. The van der Waals surface area contributed by atoms with Crippen LogP contribution in [-0.4, -0.2) is 57.3 Å². The number of ether oxygens (including phenoxy) is 1. The fourth-order valence-corrected chi connectivity index (χ4v) is 4.57. The van der Waals surface area contributed by atoms with E-state index < -0.39 is 29.7 Å². The number of alkyl carbamates (subject to hydrolysis) is 1. The van der Waals surface area contributed by atoms with Crippen LogP contribution in [0.5, 0.6) is 11.5 Å². The van der Waals surface area contributed by atoms with E-state index in [1.54, 1.807) is 45.0 Å². The number of phenolic OH excluding ortho intramolecular Hbond substituents is 2. The molecule has 3 amide bonds. The van der Waals surface area contributed by atoms with Crippen molar-refractivity contribution in [2.24, 2.45) is 0 Å². The Labute approximate surface area is 244 Å². The van der Waals surface area contributed by atoms with Gasteiger partial charge >= 0.3 is 6.09 Å². The molecule has 3 unspecified atom stereocenters. The Morgan fingerprint density at radius 2 is 1.46 bits per heavy atom. The first-order valence-electron chi connectivity index (χ1n) is 14.5. The third-order valence-electron chi connectivity index (χ3n) is 6.53. The minimum atomic E-state index is -1.04. The van der Waals surface area contributed by atoms with Crippen molar-refractivity contribution in [2.75, 3.05) is 6.54 Å². The predicted octanol–water partition coefficient (Wildman–Crippen LogP) is 5.60. The predicted molar refractivity (Wildman–Crippen MR) is 160 cm³/mol. The molecule has 0 aliphatic carbocycles. The van der Waals surface area contributed by atoms with Crippen molar-refractivity contribution in [3.05, 3.63) is 59.7 Å². The molecule has 0 radical (unpaired) electrons. The zero-order chi connectivity index (χ0) is 30.6. The number of rotatable bonds is 14. The molecule has 0 aliphatic heterocycles. The number of hydrogen-bond acceptors (Lipinski definition) is 6. The van der Waals surface area contributed by atoms with Crippen molar-refractivity contribution in [1.29, 1.82) is 0 Å². The van der Waals surface area contributed by atoms with E-state index in [1.165, 1.54) is 29.2 Å². The van der Waals surface area contributed by atoms with Crippen LogP contribution in [0.15, 0.2) is 48.5 Å². The van der Waals surface area contributed by atoms with E-state index in [9.17, 15) is 24.6 Å². The topological polar surface area (TPSA) is 128 Å². The Bertz CT molecular complexity index is 1110. The molecular formula is C32H47N3O6. The van der Waals surface area contributed by atoms with E-state index >= 15 is 0 Å². The number of carbonyl (C=O) groups excluding carboxylic acids is 3. The van der Waals surface area contributed by atoms with E-state index in [0.717, 1.165) is 25.7 Å². The zero-order valence-corrected chi connectivity index (χ0v) is 25.3. The third kappa shape index (κ3) is 11.3. The highest BCUT2D eigenvalue weighted by atomic mass is 16.6. The lowest BCUT2D eigenvalue weighted by Crippen LogP contribution is -2.54. The van der Waals surface area contributed by atoms with Crippen LogP contribution in [0.4, 0.5) is 4.79 Å². The Morgan fingerprint density at radius 3 is 2.00 bits per heavy atom. The van der Waals surface area contributed by atoms with Crippen LogP contribution in [0.1, 0.15) is 90.8 Å². The number of hydrogen-bond donors (Lipinski definition) is 4. The van der Waals surface area contributed by atoms with Crippen LogP contribution in [0, 0.1) is 0 Å². The van der Waals surface area contributed by atoms with Crippen LogP contribution < -0.4 is 10.6 Å². The number of unbranched alkanes of at least 4 members (excludes halogenated alkanes) is 2. The summed E-state index contributed by atoms with van der Waals surface area (Å²) in [7, 11) is 0. The lowest BCUT2D eigenvalue weighted by molar-refractivity contribution is -0.142. The number of amides is 3. The maximum atomic E-state index is 14.4. The van der Waals surface area contributed by atoms with Crippen LogP contribution in [0.25, 0.3) is 0 Å². The molecule has 2 aromatic rings. The molecule has 0 heterocycles. The summed E-state index contributed by atoms with van der Waals surface area (Å²) in [6.07, 6.45) is 3.47. The Hall–Kier alpha value is -3.75. The van der Waals surface area contributed by atoms with Crippen LogP contribution in [-0.2, 0) is 20.7 Å². The van der Waals surface area contributed by atoms with Gasteiger partial charge in [0.2, 0.25) is 11.8 Å². The molecule has 3 atom stereocenters. The van der Waals surface area contributed by atoms with Gasteiger partial charge in [-0.2, -0.15) is 0 Å². The average molecular weight is 570 g/mol. The van der Waals surface area contributed by atoms with Crippen molar-refractivity contribution < 1.29 is 29.3 Å². The molecule has 9 nitrogen and oxygen atoms in total. The minimum absolute atomic E-state index is 0.0490. The summed E-state index contributed by atoms with van der Waals surface area (Å²) < 4.78 is 5.47. The van der Waals surface area contributed by atoms with Crippen molar-refractivity contribution in [1.82, 2.24) is 15.5 Å². The summed E-state index contributed by atoms with van der Waals surface area (Å²) in [6, 6.07) is 10.5. The fourth-order valence-electron chi connectivity index (χ4n) is 4.57. The number of carbonyl (C=O) groups is 3. The number of nitrogens with zero attached hydrogens (tertiary/aromatic N) is 1. The van der Waals surface area contributed by atoms with Gasteiger partial charge in [-0.05, 0) is 75.9 Å². The van der Waals surface area contributed by atoms with E-state index in [4.69, 9.17) is 4.74 Å². The first-order chi connectivity index (χ1) is 19.3. The molecule has 0 saturated carbocycles. The highest BCUT2D eigenvalue weighted by Gasteiger charge is 2.36. The van der Waals surface area contributed by atoms with Gasteiger partial charge in [-0.3, -0.25) is 9.59 Å². The Balaban J connectivity index is 2.55. The Kier molecular flexibility index (Phi) is 13.0. The molecule has 0 saturated heterocycles. The van der Waals surface area contributed by atoms with E-state index in [0.29, 0.717) is 17.5 Å².